The molecular weight excluding hydrogens is 234 g/mol. The molecule has 0 aromatic rings. The molecule has 0 bridgehead atoms. The first kappa shape index (κ1) is 14.5. The Kier molecular flexibility index (Phi) is 4.04. The van der Waals surface area contributed by atoms with Crippen molar-refractivity contribution in [1.29, 1.82) is 0 Å². The Bertz CT molecular complexity index is 370. The van der Waals surface area contributed by atoms with Crippen LogP contribution in [0.5, 0.6) is 0 Å². The number of hydrogen-bond acceptors (Lipinski definition) is 3. The largest absolute Gasteiger partial charge is 0.481 e. The minimum atomic E-state index is -0.861. The molecule has 0 saturated carbocycles. The van der Waals surface area contributed by atoms with Gasteiger partial charge in [0.1, 0.15) is 5.60 Å². The quantitative estimate of drug-likeness (QED) is 0.759. The van der Waals surface area contributed by atoms with Gasteiger partial charge in [0, 0.05) is 0 Å². The van der Waals surface area contributed by atoms with Crippen molar-refractivity contribution in [3.63, 3.8) is 0 Å². The normalized spacial score (nSPS) is 27.0. The summed E-state index contributed by atoms with van der Waals surface area (Å²) in [5.41, 5.74) is -1.42. The lowest BCUT2D eigenvalue weighted by Crippen LogP contribution is -2.39. The smallest absolute Gasteiger partial charge is 0.408 e. The van der Waals surface area contributed by atoms with E-state index in [9.17, 15) is 14.7 Å². The molecule has 1 amide bonds. The molecule has 0 aromatic carbocycles. The van der Waals surface area contributed by atoms with Crippen LogP contribution in [0.2, 0.25) is 0 Å². The van der Waals surface area contributed by atoms with Crippen LogP contribution in [0.4, 0.5) is 4.79 Å². The number of carboxylic acids is 1. The fourth-order valence-corrected chi connectivity index (χ4v) is 1.96. The molecule has 2 atom stereocenters. The molecule has 18 heavy (non-hydrogen) atoms. The summed E-state index contributed by atoms with van der Waals surface area (Å²) in [7, 11) is 0. The summed E-state index contributed by atoms with van der Waals surface area (Å²) in [6.07, 6.45) is 3.75. The maximum atomic E-state index is 11.6. The predicted octanol–water partition coefficient (Wildman–Crippen LogP) is 2.32. The molecule has 0 aliphatic heterocycles. The maximum absolute atomic E-state index is 11.6. The standard InChI is InChI=1S/C13H21NO4/c1-5-13(10(15)16)7-6-9(8-13)14-11(17)18-12(2,3)4/h6-7,9H,5,8H2,1-4H3,(H,14,17)(H,15,16)/t9-,13+/m1/s1. The highest BCUT2D eigenvalue weighted by Crippen LogP contribution is 2.35. The van der Waals surface area contributed by atoms with Crippen molar-refractivity contribution < 1.29 is 19.4 Å². The number of nitrogens with one attached hydrogen (secondary N) is 1. The molecule has 0 fully saturated rings. The molecule has 0 saturated heterocycles. The Hall–Kier alpha value is -1.52. The van der Waals surface area contributed by atoms with Gasteiger partial charge >= 0.3 is 12.1 Å². The molecule has 5 nitrogen and oxygen atoms in total. The van der Waals surface area contributed by atoms with Crippen molar-refractivity contribution in [2.75, 3.05) is 0 Å². The Balaban J connectivity index is 2.57. The van der Waals surface area contributed by atoms with E-state index in [4.69, 9.17) is 4.74 Å². The molecule has 2 N–H and O–H groups in total. The highest BCUT2D eigenvalue weighted by atomic mass is 16.6. The van der Waals surface area contributed by atoms with Gasteiger partial charge in [0.05, 0.1) is 11.5 Å². The third-order valence-electron chi connectivity index (χ3n) is 2.99. The van der Waals surface area contributed by atoms with Crippen LogP contribution in [-0.2, 0) is 9.53 Å². The van der Waals surface area contributed by atoms with Crippen LogP contribution < -0.4 is 5.32 Å². The number of alkyl carbamates (subject to hydrolysis) is 1. The number of carboxylic acid groups (broad SMARTS) is 1. The SMILES string of the molecule is CC[C@]1(C(=O)O)C=C[C@@H](NC(=O)OC(C)(C)C)C1. The van der Waals surface area contributed by atoms with Gasteiger partial charge in [-0.3, -0.25) is 4.79 Å². The number of hydrogen-bond donors (Lipinski definition) is 2. The van der Waals surface area contributed by atoms with Crippen molar-refractivity contribution in [3.05, 3.63) is 12.2 Å². The molecule has 1 rings (SSSR count). The van der Waals surface area contributed by atoms with Crippen molar-refractivity contribution in [2.24, 2.45) is 5.41 Å². The maximum Gasteiger partial charge on any atom is 0.408 e. The number of carbonyl (C=O) groups excluding carboxylic acids is 1. The average Bonchev–Trinajstić information content (AvgIpc) is 2.59. The Morgan fingerprint density at radius 2 is 2.11 bits per heavy atom. The van der Waals surface area contributed by atoms with Gasteiger partial charge in [-0.25, -0.2) is 4.79 Å². The topological polar surface area (TPSA) is 75.6 Å². The van der Waals surface area contributed by atoms with Gasteiger partial charge < -0.3 is 15.2 Å². The molecule has 0 spiro atoms. The second-order valence-electron chi connectivity index (χ2n) is 5.63. The second-order valence-corrected chi connectivity index (χ2v) is 5.63. The zero-order valence-corrected chi connectivity index (χ0v) is 11.3. The first-order valence-electron chi connectivity index (χ1n) is 6.11. The van der Waals surface area contributed by atoms with Gasteiger partial charge in [0.15, 0.2) is 0 Å². The van der Waals surface area contributed by atoms with Crippen LogP contribution in [0.3, 0.4) is 0 Å². The molecule has 0 radical (unpaired) electrons. The summed E-state index contributed by atoms with van der Waals surface area (Å²) in [6.45, 7) is 7.17. The molecule has 0 heterocycles. The Morgan fingerprint density at radius 3 is 2.50 bits per heavy atom. The van der Waals surface area contributed by atoms with Crippen molar-refractivity contribution in [1.82, 2.24) is 5.32 Å². The van der Waals surface area contributed by atoms with Crippen LogP contribution in [0, 0.1) is 5.41 Å². The van der Waals surface area contributed by atoms with E-state index in [1.54, 1.807) is 32.9 Å². The summed E-state index contributed by atoms with van der Waals surface area (Å²) in [6, 6.07) is -0.282. The monoisotopic (exact) mass is 255 g/mol. The summed E-state index contributed by atoms with van der Waals surface area (Å²) in [5, 5.41) is 11.9. The van der Waals surface area contributed by atoms with Gasteiger partial charge in [0.2, 0.25) is 0 Å². The molecular formula is C13H21NO4. The summed E-state index contributed by atoms with van der Waals surface area (Å²) < 4.78 is 5.13. The lowest BCUT2D eigenvalue weighted by Gasteiger charge is -2.24. The highest BCUT2D eigenvalue weighted by Gasteiger charge is 2.40. The van der Waals surface area contributed by atoms with Crippen LogP contribution in [0.15, 0.2) is 12.2 Å². The summed E-state index contributed by atoms with van der Waals surface area (Å²) >= 11 is 0. The van der Waals surface area contributed by atoms with Gasteiger partial charge in [0.25, 0.3) is 0 Å². The molecule has 1 aliphatic rings. The molecule has 0 aromatic heterocycles. The van der Waals surface area contributed by atoms with Crippen molar-refractivity contribution in [3.8, 4) is 0 Å². The zero-order chi connectivity index (χ0) is 14.0. The number of amides is 1. The van der Waals surface area contributed by atoms with Gasteiger partial charge in [-0.2, -0.15) is 0 Å². The molecule has 1 aliphatic carbocycles. The van der Waals surface area contributed by atoms with Crippen LogP contribution in [0.25, 0.3) is 0 Å². The van der Waals surface area contributed by atoms with E-state index in [1.165, 1.54) is 0 Å². The third kappa shape index (κ3) is 3.48. The molecule has 0 unspecified atom stereocenters. The average molecular weight is 255 g/mol. The first-order chi connectivity index (χ1) is 8.18. The fourth-order valence-electron chi connectivity index (χ4n) is 1.96. The van der Waals surface area contributed by atoms with Crippen molar-refractivity contribution >= 4 is 12.1 Å². The van der Waals surface area contributed by atoms with Crippen LogP contribution in [-0.4, -0.2) is 28.8 Å². The fraction of sp³-hybridized carbons (Fsp3) is 0.692. The lowest BCUT2D eigenvalue weighted by atomic mass is 9.84. The first-order valence-corrected chi connectivity index (χ1v) is 6.11. The minimum Gasteiger partial charge on any atom is -0.481 e. The highest BCUT2D eigenvalue weighted by molar-refractivity contribution is 5.78. The van der Waals surface area contributed by atoms with Gasteiger partial charge in [-0.1, -0.05) is 19.1 Å². The van der Waals surface area contributed by atoms with Crippen LogP contribution >= 0.6 is 0 Å². The van der Waals surface area contributed by atoms with E-state index < -0.39 is 23.1 Å². The van der Waals surface area contributed by atoms with E-state index in [0.29, 0.717) is 12.8 Å². The summed E-state index contributed by atoms with van der Waals surface area (Å²) in [4.78, 5) is 22.8. The predicted molar refractivity (Wildman–Crippen MR) is 67.3 cm³/mol. The summed E-state index contributed by atoms with van der Waals surface area (Å²) in [5.74, 6) is -0.852. The van der Waals surface area contributed by atoms with E-state index in [-0.39, 0.29) is 6.04 Å². The Morgan fingerprint density at radius 1 is 1.50 bits per heavy atom. The van der Waals surface area contributed by atoms with Crippen LogP contribution in [0.1, 0.15) is 40.5 Å². The number of ether oxygens (including phenoxy) is 1. The van der Waals surface area contributed by atoms with Crippen molar-refractivity contribution in [2.45, 2.75) is 52.2 Å². The minimum absolute atomic E-state index is 0.282. The third-order valence-corrected chi connectivity index (χ3v) is 2.99. The number of aliphatic carboxylic acids is 1. The van der Waals surface area contributed by atoms with Gasteiger partial charge in [-0.15, -0.1) is 0 Å². The van der Waals surface area contributed by atoms with E-state index in [1.807, 2.05) is 6.92 Å². The van der Waals surface area contributed by atoms with E-state index >= 15 is 0 Å². The Labute approximate surface area is 107 Å². The second kappa shape index (κ2) is 5.00. The zero-order valence-electron chi connectivity index (χ0n) is 11.3. The van der Waals surface area contributed by atoms with Gasteiger partial charge in [-0.05, 0) is 33.6 Å². The van der Waals surface area contributed by atoms with E-state index in [2.05, 4.69) is 5.32 Å². The number of rotatable bonds is 3. The molecule has 5 heteroatoms. The molecule has 102 valence electrons. The lowest BCUT2D eigenvalue weighted by molar-refractivity contribution is -0.146. The van der Waals surface area contributed by atoms with E-state index in [0.717, 1.165) is 0 Å². The number of carbonyl (C=O) groups is 2.